The van der Waals surface area contributed by atoms with E-state index in [0.717, 1.165) is 28.0 Å². The van der Waals surface area contributed by atoms with Gasteiger partial charge in [-0.1, -0.05) is 41.5 Å². The minimum atomic E-state index is -0.883. The molecule has 146 valence electrons. The molecular weight excluding hydrogens is 364 g/mol. The van der Waals surface area contributed by atoms with E-state index in [4.69, 9.17) is 9.47 Å². The van der Waals surface area contributed by atoms with E-state index in [1.165, 1.54) is 11.1 Å². The van der Waals surface area contributed by atoms with E-state index < -0.39 is 10.8 Å². The van der Waals surface area contributed by atoms with Gasteiger partial charge in [0.15, 0.2) is 0 Å². The maximum atomic E-state index is 13.5. The quantitative estimate of drug-likeness (QED) is 0.412. The molecule has 4 nitrogen and oxygen atoms in total. The van der Waals surface area contributed by atoms with Gasteiger partial charge in [0.25, 0.3) is 0 Å². The van der Waals surface area contributed by atoms with Crippen molar-refractivity contribution in [2.24, 2.45) is 10.8 Å². The Labute approximate surface area is 169 Å². The van der Waals surface area contributed by atoms with E-state index in [9.17, 15) is 9.59 Å². The zero-order valence-corrected chi connectivity index (χ0v) is 16.7. The number of benzene rings is 2. The van der Waals surface area contributed by atoms with Gasteiger partial charge in [-0.15, -0.1) is 0 Å². The summed E-state index contributed by atoms with van der Waals surface area (Å²) in [5.41, 5.74) is 5.18. The minimum Gasteiger partial charge on any atom is -0.497 e. The van der Waals surface area contributed by atoms with Crippen LogP contribution in [0.1, 0.15) is 60.8 Å². The molecule has 0 amide bonds. The Kier molecular flexibility index (Phi) is 3.04. The van der Waals surface area contributed by atoms with Crippen LogP contribution in [0.15, 0.2) is 53.6 Å². The Hall–Kier alpha value is -2.88. The predicted molar refractivity (Wildman–Crippen MR) is 107 cm³/mol. The van der Waals surface area contributed by atoms with Crippen molar-refractivity contribution in [1.29, 1.82) is 0 Å². The minimum absolute atomic E-state index is 0.188. The van der Waals surface area contributed by atoms with Crippen LogP contribution in [0.25, 0.3) is 0 Å². The lowest BCUT2D eigenvalue weighted by atomic mass is 9.37. The van der Waals surface area contributed by atoms with Gasteiger partial charge in [0, 0.05) is 11.8 Å². The van der Waals surface area contributed by atoms with Crippen molar-refractivity contribution >= 4 is 11.9 Å². The van der Waals surface area contributed by atoms with Crippen LogP contribution >= 0.6 is 0 Å². The summed E-state index contributed by atoms with van der Waals surface area (Å²) >= 11 is 0. The molecule has 0 N–H and O–H groups in total. The lowest BCUT2D eigenvalue weighted by Crippen LogP contribution is -2.60. The van der Waals surface area contributed by atoms with Gasteiger partial charge < -0.3 is 9.47 Å². The highest BCUT2D eigenvalue weighted by Gasteiger charge is 2.79. The summed E-state index contributed by atoms with van der Waals surface area (Å²) in [7, 11) is 1.66. The molecule has 1 fully saturated rings. The standard InChI is InChI=1S/C25H22O4/c1-13-11-24-20-16-6-4-5-7-17(16)21(19-10-15(28-3)8-9-18(19)20)25(24,12-14(13)2)23(27)29-22(24)26/h4-10,20-21H,11-12H2,1-3H3/t20-,21+,24-,25+/m1/s1. The molecule has 1 aliphatic heterocycles. The van der Waals surface area contributed by atoms with Crippen LogP contribution < -0.4 is 4.74 Å². The molecule has 4 aliphatic carbocycles. The van der Waals surface area contributed by atoms with Crippen molar-refractivity contribution < 1.29 is 19.1 Å². The molecular formula is C25H22O4. The molecule has 0 spiro atoms. The van der Waals surface area contributed by atoms with Crippen LogP contribution in [-0.2, 0) is 14.3 Å². The third-order valence-electron chi connectivity index (χ3n) is 8.05. The highest BCUT2D eigenvalue weighted by atomic mass is 16.6. The second-order valence-corrected chi connectivity index (χ2v) is 9.02. The van der Waals surface area contributed by atoms with Gasteiger partial charge in [0.2, 0.25) is 0 Å². The molecule has 1 heterocycles. The molecule has 0 unspecified atom stereocenters. The Bertz CT molecular complexity index is 1160. The maximum absolute atomic E-state index is 13.5. The highest BCUT2D eigenvalue weighted by Crippen LogP contribution is 2.77. The Morgan fingerprint density at radius 2 is 1.34 bits per heavy atom. The summed E-state index contributed by atoms with van der Waals surface area (Å²) < 4.78 is 11.0. The van der Waals surface area contributed by atoms with Crippen molar-refractivity contribution in [3.63, 3.8) is 0 Å². The number of rotatable bonds is 1. The smallest absolute Gasteiger partial charge is 0.322 e. The zero-order chi connectivity index (χ0) is 20.1. The molecule has 0 radical (unpaired) electrons. The van der Waals surface area contributed by atoms with Crippen LogP contribution in [0.3, 0.4) is 0 Å². The Balaban J connectivity index is 1.78. The van der Waals surface area contributed by atoms with E-state index in [1.807, 2.05) is 18.2 Å². The Morgan fingerprint density at radius 3 is 1.90 bits per heavy atom. The van der Waals surface area contributed by atoms with Gasteiger partial charge in [-0.2, -0.15) is 0 Å². The number of esters is 2. The van der Waals surface area contributed by atoms with Crippen molar-refractivity contribution in [2.45, 2.75) is 38.5 Å². The van der Waals surface area contributed by atoms with Gasteiger partial charge in [-0.3, -0.25) is 9.59 Å². The van der Waals surface area contributed by atoms with E-state index in [2.05, 4.69) is 38.1 Å². The number of methoxy groups -OCH3 is 1. The van der Waals surface area contributed by atoms with Crippen LogP contribution in [0, 0.1) is 10.8 Å². The first-order valence-corrected chi connectivity index (χ1v) is 10.1. The van der Waals surface area contributed by atoms with E-state index in [0.29, 0.717) is 12.8 Å². The van der Waals surface area contributed by atoms with Crippen molar-refractivity contribution in [3.8, 4) is 5.75 Å². The van der Waals surface area contributed by atoms with Gasteiger partial charge >= 0.3 is 11.9 Å². The third kappa shape index (κ3) is 1.65. The molecule has 4 heteroatoms. The van der Waals surface area contributed by atoms with Gasteiger partial charge in [-0.25, -0.2) is 0 Å². The number of carbonyl (C=O) groups excluding carboxylic acids is 2. The fourth-order valence-electron chi connectivity index (χ4n) is 6.81. The van der Waals surface area contributed by atoms with Crippen LogP contribution in [0.5, 0.6) is 5.75 Å². The predicted octanol–water partition coefficient (Wildman–Crippen LogP) is 4.47. The zero-order valence-electron chi connectivity index (χ0n) is 16.7. The molecule has 29 heavy (non-hydrogen) atoms. The maximum Gasteiger partial charge on any atom is 0.322 e. The summed E-state index contributed by atoms with van der Waals surface area (Å²) in [5.74, 6) is -0.331. The third-order valence-corrected chi connectivity index (χ3v) is 8.05. The molecule has 4 atom stereocenters. The first-order valence-electron chi connectivity index (χ1n) is 10.1. The van der Waals surface area contributed by atoms with Gasteiger partial charge in [0.05, 0.1) is 7.11 Å². The van der Waals surface area contributed by atoms with Gasteiger partial charge in [0.1, 0.15) is 16.6 Å². The molecule has 0 saturated carbocycles. The molecule has 0 aromatic heterocycles. The Morgan fingerprint density at radius 1 is 0.828 bits per heavy atom. The van der Waals surface area contributed by atoms with E-state index in [1.54, 1.807) is 7.11 Å². The van der Waals surface area contributed by atoms with Crippen LogP contribution in [0.2, 0.25) is 0 Å². The first-order chi connectivity index (χ1) is 14.0. The summed E-state index contributed by atoms with van der Waals surface area (Å²) in [5, 5.41) is 0. The normalized spacial score (nSPS) is 33.6. The molecule has 2 aromatic rings. The number of hydrogen-bond donors (Lipinski definition) is 0. The molecule has 2 aromatic carbocycles. The summed E-state index contributed by atoms with van der Waals surface area (Å²) in [6, 6.07) is 14.4. The molecule has 2 bridgehead atoms. The van der Waals surface area contributed by atoms with Crippen molar-refractivity contribution in [3.05, 3.63) is 75.9 Å². The second kappa shape index (κ2) is 5.18. The first kappa shape index (κ1) is 17.0. The number of cyclic esters (lactones) is 2. The lowest BCUT2D eigenvalue weighted by molar-refractivity contribution is -0.156. The van der Waals surface area contributed by atoms with Crippen LogP contribution in [-0.4, -0.2) is 19.0 Å². The highest BCUT2D eigenvalue weighted by molar-refractivity contribution is 6.06. The number of ether oxygens (including phenoxy) is 2. The SMILES string of the molecule is COc1ccc2c(c1)[C@@H]1c3ccccc3[C@H]2[C@@]23CC(C)=C(C)C[C@@]12C(=O)OC3=O. The lowest BCUT2D eigenvalue weighted by Gasteiger charge is -2.60. The monoisotopic (exact) mass is 386 g/mol. The second-order valence-electron chi connectivity index (χ2n) is 9.02. The summed E-state index contributed by atoms with van der Waals surface area (Å²) in [4.78, 5) is 27.0. The summed E-state index contributed by atoms with van der Waals surface area (Å²) in [6.07, 6.45) is 1.14. The molecule has 1 saturated heterocycles. The number of hydrogen-bond acceptors (Lipinski definition) is 4. The topological polar surface area (TPSA) is 52.6 Å². The average Bonchev–Trinajstić information content (AvgIpc) is 2.95. The fourth-order valence-corrected chi connectivity index (χ4v) is 6.81. The van der Waals surface area contributed by atoms with E-state index in [-0.39, 0.29) is 23.8 Å². The van der Waals surface area contributed by atoms with Gasteiger partial charge in [-0.05, 0) is 61.1 Å². The number of allylic oxidation sites excluding steroid dienone is 2. The van der Waals surface area contributed by atoms with Crippen molar-refractivity contribution in [1.82, 2.24) is 0 Å². The van der Waals surface area contributed by atoms with Crippen LogP contribution in [0.4, 0.5) is 0 Å². The largest absolute Gasteiger partial charge is 0.497 e. The fraction of sp³-hybridized carbons (Fsp3) is 0.360. The molecule has 5 aliphatic rings. The van der Waals surface area contributed by atoms with Crippen molar-refractivity contribution in [2.75, 3.05) is 7.11 Å². The number of carbonyl (C=O) groups is 2. The molecule has 7 rings (SSSR count). The van der Waals surface area contributed by atoms with E-state index >= 15 is 0 Å². The average molecular weight is 386 g/mol. The summed E-state index contributed by atoms with van der Waals surface area (Å²) in [6.45, 7) is 4.18.